The van der Waals surface area contributed by atoms with Crippen molar-refractivity contribution in [1.82, 2.24) is 0 Å². The number of hydrogen-bond acceptors (Lipinski definition) is 0. The predicted octanol–water partition coefficient (Wildman–Crippen LogP) is 7.36. The molecule has 0 amide bonds. The second-order valence-electron chi connectivity index (χ2n) is 7.87. The molecule has 3 fully saturated rings. The maximum Gasteiger partial charge on any atom is 0.0449 e. The molecular weight excluding hydrogens is 401 g/mol. The average Bonchev–Trinajstić information content (AvgIpc) is 2.59. The van der Waals surface area contributed by atoms with Crippen LogP contribution in [0.1, 0.15) is 96.3 Å². The largest absolute Gasteiger partial charge is 0.304 e. The van der Waals surface area contributed by atoms with Crippen LogP contribution in [0.25, 0.3) is 0 Å². The van der Waals surface area contributed by atoms with Crippen LogP contribution < -0.4 is 0 Å². The summed E-state index contributed by atoms with van der Waals surface area (Å²) in [5, 5.41) is 0. The van der Waals surface area contributed by atoms with Crippen molar-refractivity contribution in [3.05, 3.63) is 5.62 Å². The van der Waals surface area contributed by atoms with Crippen LogP contribution >= 0.6 is 18.9 Å². The molecule has 0 radical (unpaired) electrons. The molecule has 132 valence electrons. The van der Waals surface area contributed by atoms with E-state index >= 15 is 0 Å². The first-order chi connectivity index (χ1) is 10.4. The fraction of sp³-hybridized carbons (Fsp3) is 0.947. The van der Waals surface area contributed by atoms with Crippen LogP contribution in [-0.4, -0.2) is 17.0 Å². The minimum Gasteiger partial charge on any atom is -0.304 e. The first-order valence-corrected chi connectivity index (χ1v) is 12.2. The van der Waals surface area contributed by atoms with Gasteiger partial charge in [-0.3, -0.25) is 0 Å². The second kappa shape index (κ2) is 9.76. The van der Waals surface area contributed by atoms with Crippen LogP contribution in [0.5, 0.6) is 0 Å². The summed E-state index contributed by atoms with van der Waals surface area (Å²) in [7, 11) is -1.06. The van der Waals surface area contributed by atoms with E-state index in [1.807, 2.05) is 0 Å². The summed E-state index contributed by atoms with van der Waals surface area (Å²) < 4.78 is 0. The third-order valence-corrected chi connectivity index (χ3v) is 13.5. The van der Waals surface area contributed by atoms with Crippen molar-refractivity contribution < 1.29 is 20.4 Å². The van der Waals surface area contributed by atoms with Gasteiger partial charge in [0.1, 0.15) is 0 Å². The van der Waals surface area contributed by atoms with Gasteiger partial charge < -0.3 is 11.6 Å². The van der Waals surface area contributed by atoms with E-state index in [4.69, 9.17) is 11.6 Å². The van der Waals surface area contributed by atoms with Crippen LogP contribution in [0.15, 0.2) is 0 Å². The van der Waals surface area contributed by atoms with Crippen molar-refractivity contribution >= 4 is 18.9 Å². The summed E-state index contributed by atoms with van der Waals surface area (Å²) in [5.41, 5.74) is 5.37. The molecule has 0 aromatic rings. The van der Waals surface area contributed by atoms with E-state index in [9.17, 15) is 0 Å². The molecule has 0 aliphatic heterocycles. The zero-order chi connectivity index (χ0) is 14.5. The van der Waals surface area contributed by atoms with E-state index in [0.29, 0.717) is 0 Å². The van der Waals surface area contributed by atoms with E-state index in [2.05, 4.69) is 5.62 Å². The first-order valence-electron chi connectivity index (χ1n) is 9.70. The Bertz CT molecular complexity index is 259. The van der Waals surface area contributed by atoms with Crippen LogP contribution in [-0.2, 0) is 20.4 Å². The van der Waals surface area contributed by atoms with Crippen molar-refractivity contribution in [2.45, 2.75) is 113 Å². The van der Waals surface area contributed by atoms with Crippen molar-refractivity contribution in [3.63, 3.8) is 0 Å². The fourth-order valence-corrected chi connectivity index (χ4v) is 13.2. The molecule has 0 aromatic heterocycles. The molecule has 0 saturated heterocycles. The second-order valence-corrected chi connectivity index (χ2v) is 12.6. The van der Waals surface area contributed by atoms with Gasteiger partial charge in [-0.25, -0.2) is 0 Å². The smallest absolute Gasteiger partial charge is 0.0449 e. The van der Waals surface area contributed by atoms with Gasteiger partial charge in [-0.1, -0.05) is 32.1 Å². The van der Waals surface area contributed by atoms with Crippen molar-refractivity contribution in [3.8, 4) is 0 Å². The molecule has 3 saturated carbocycles. The summed E-state index contributed by atoms with van der Waals surface area (Å²) in [5.74, 6) is 0. The summed E-state index contributed by atoms with van der Waals surface area (Å²) in [6, 6.07) is 0. The van der Waals surface area contributed by atoms with Crippen LogP contribution in [0.4, 0.5) is 0 Å². The Kier molecular flexibility index (Phi) is 8.74. The molecule has 0 nitrogen and oxygen atoms in total. The maximum absolute atomic E-state index is 6.75. The molecule has 0 aromatic carbocycles. The molecule has 0 spiro atoms. The molecule has 0 unspecified atom stereocenters. The molecular formula is C19H34ClPPd. The zero-order valence-corrected chi connectivity index (χ0v) is 17.3. The number of hydrogen-bond donors (Lipinski definition) is 0. The Hall–Kier alpha value is 1.38. The number of halogens is 1. The van der Waals surface area contributed by atoms with Crippen LogP contribution in [0.3, 0.4) is 0 Å². The minimum atomic E-state index is -1.06. The monoisotopic (exact) mass is 434 g/mol. The Labute approximate surface area is 157 Å². The van der Waals surface area contributed by atoms with Crippen molar-refractivity contribution in [1.29, 1.82) is 0 Å². The molecule has 0 heterocycles. The molecule has 0 atom stereocenters. The average molecular weight is 435 g/mol. The first kappa shape index (κ1) is 19.7. The Balaban J connectivity index is 0.00000176. The molecule has 3 rings (SSSR count). The molecule has 22 heavy (non-hydrogen) atoms. The quantitative estimate of drug-likeness (QED) is 0.246. The molecule has 3 aliphatic carbocycles. The molecule has 0 N–H and O–H groups in total. The zero-order valence-electron chi connectivity index (χ0n) is 14.1. The normalized spacial score (nSPS) is 26.6. The van der Waals surface area contributed by atoms with Gasteiger partial charge in [-0.05, 0) is 77.0 Å². The van der Waals surface area contributed by atoms with Gasteiger partial charge in [0, 0.05) is 37.4 Å². The standard InChI is InChI=1S/C19H34ClP.Pd/c20-16-21(17-10-4-1-5-11-17,18-12-6-2-7-13-18)19-14-8-3-9-15-19;/h16-19H,1-15H2;. The molecule has 3 aliphatic rings. The van der Waals surface area contributed by atoms with E-state index in [-0.39, 0.29) is 20.4 Å². The van der Waals surface area contributed by atoms with Crippen LogP contribution in [0.2, 0.25) is 0 Å². The Morgan fingerprint density at radius 2 is 0.818 bits per heavy atom. The van der Waals surface area contributed by atoms with E-state index < -0.39 is 7.26 Å². The maximum atomic E-state index is 6.75. The van der Waals surface area contributed by atoms with Crippen LogP contribution in [0, 0.1) is 5.62 Å². The van der Waals surface area contributed by atoms with Crippen molar-refractivity contribution in [2.75, 3.05) is 0 Å². The SMILES string of the molecule is Cl[CH-][P+](C1CCCCC1)(C1CCCCC1)C1CCCCC1.[Pd]. The predicted molar refractivity (Wildman–Crippen MR) is 97.7 cm³/mol. The number of rotatable bonds is 4. The Morgan fingerprint density at radius 3 is 1.05 bits per heavy atom. The minimum absolute atomic E-state index is 0. The molecule has 0 bridgehead atoms. The van der Waals surface area contributed by atoms with E-state index in [0.717, 1.165) is 17.0 Å². The van der Waals surface area contributed by atoms with Gasteiger partial charge in [-0.2, -0.15) is 0 Å². The summed E-state index contributed by atoms with van der Waals surface area (Å²) >= 11 is 6.75. The third kappa shape index (κ3) is 4.13. The summed E-state index contributed by atoms with van der Waals surface area (Å²) in [6.07, 6.45) is 22.4. The van der Waals surface area contributed by atoms with Gasteiger partial charge in [0.05, 0.1) is 0 Å². The summed E-state index contributed by atoms with van der Waals surface area (Å²) in [6.45, 7) is 0. The van der Waals surface area contributed by atoms with Gasteiger partial charge in [0.25, 0.3) is 0 Å². The van der Waals surface area contributed by atoms with Crippen molar-refractivity contribution in [2.24, 2.45) is 0 Å². The molecule has 3 heteroatoms. The topological polar surface area (TPSA) is 0 Å². The van der Waals surface area contributed by atoms with Gasteiger partial charge in [-0.15, -0.1) is 0 Å². The third-order valence-electron chi connectivity index (χ3n) is 6.79. The van der Waals surface area contributed by atoms with Gasteiger partial charge >= 0.3 is 0 Å². The van der Waals surface area contributed by atoms with E-state index in [1.54, 1.807) is 0 Å². The van der Waals surface area contributed by atoms with Gasteiger partial charge in [0.15, 0.2) is 0 Å². The van der Waals surface area contributed by atoms with Gasteiger partial charge in [0.2, 0.25) is 0 Å². The summed E-state index contributed by atoms with van der Waals surface area (Å²) in [4.78, 5) is 0. The fourth-order valence-electron chi connectivity index (χ4n) is 5.72. The Morgan fingerprint density at radius 1 is 0.545 bits per heavy atom. The van der Waals surface area contributed by atoms with E-state index in [1.165, 1.54) is 96.3 Å².